The first-order valence-corrected chi connectivity index (χ1v) is 17.9. The second kappa shape index (κ2) is 15.1. The first-order chi connectivity index (χ1) is 25.6. The smallest absolute Gasteiger partial charge is 0.407 e. The number of nitrogens with one attached hydrogen (secondary N) is 4. The quantitative estimate of drug-likeness (QED) is 0.195. The Kier molecular flexibility index (Phi) is 10.2. The predicted octanol–water partition coefficient (Wildman–Crippen LogP) is 4.98. The summed E-state index contributed by atoms with van der Waals surface area (Å²) < 4.78 is 15.5. The van der Waals surface area contributed by atoms with E-state index in [0.717, 1.165) is 70.5 Å². The number of hydrogen-bond donors (Lipinski definition) is 4. The molecule has 2 saturated heterocycles. The van der Waals surface area contributed by atoms with Crippen molar-refractivity contribution in [3.8, 4) is 33.6 Å². The number of ether oxygens (including phenoxy) is 3. The number of aromatic amines is 2. The summed E-state index contributed by atoms with van der Waals surface area (Å²) in [7, 11) is 2.54. The number of carbonyl (C=O) groups excluding carboxylic acids is 4. The summed E-state index contributed by atoms with van der Waals surface area (Å²) in [5.74, 6) is 1.06. The molecule has 7 rings (SSSR count). The van der Waals surface area contributed by atoms with Gasteiger partial charge in [-0.05, 0) is 85.0 Å². The SMILES string of the molecule is COC(=O)N[C@@H](C)C(=O)N1CCC[C@H]1c1ncc(-c2ccc3c(c2)COCc2cc(-c4cnc([C@@H]5CCCN5C(=O)[C@H](C)NC(=O)OC)[nH]4)ccc2-3)[nH]1. The minimum absolute atomic E-state index is 0.179. The van der Waals surface area contributed by atoms with Crippen molar-refractivity contribution in [2.75, 3.05) is 27.3 Å². The minimum Gasteiger partial charge on any atom is -0.453 e. The van der Waals surface area contributed by atoms with E-state index < -0.39 is 24.3 Å². The molecule has 4 amide bonds. The third-order valence-corrected chi connectivity index (χ3v) is 10.3. The van der Waals surface area contributed by atoms with Crippen molar-refractivity contribution < 1.29 is 33.4 Å². The van der Waals surface area contributed by atoms with E-state index >= 15 is 0 Å². The lowest BCUT2D eigenvalue weighted by Gasteiger charge is -2.26. The molecule has 2 aromatic carbocycles. The normalized spacial score (nSPS) is 19.1. The Morgan fingerprint density at radius 3 is 1.58 bits per heavy atom. The number of fused-ring (bicyclic) bond motifs is 3. The van der Waals surface area contributed by atoms with Gasteiger partial charge in [0.2, 0.25) is 11.8 Å². The number of aromatic nitrogens is 4. The highest BCUT2D eigenvalue weighted by Crippen LogP contribution is 2.38. The molecular formula is C38H44N8O7. The number of alkyl carbamates (subject to hydrolysis) is 2. The molecule has 4 atom stereocenters. The third kappa shape index (κ3) is 7.20. The molecule has 0 saturated carbocycles. The molecule has 0 spiro atoms. The van der Waals surface area contributed by atoms with E-state index in [9.17, 15) is 19.2 Å². The largest absolute Gasteiger partial charge is 0.453 e. The maximum absolute atomic E-state index is 13.2. The summed E-state index contributed by atoms with van der Waals surface area (Å²) >= 11 is 0. The molecule has 3 aliphatic heterocycles. The van der Waals surface area contributed by atoms with Gasteiger partial charge in [-0.3, -0.25) is 9.59 Å². The molecule has 0 unspecified atom stereocenters. The second-order valence-corrected chi connectivity index (χ2v) is 13.7. The van der Waals surface area contributed by atoms with Crippen LogP contribution >= 0.6 is 0 Å². The van der Waals surface area contributed by atoms with Crippen LogP contribution in [0.5, 0.6) is 0 Å². The number of nitrogens with zero attached hydrogens (tertiary/aromatic N) is 4. The van der Waals surface area contributed by atoms with Gasteiger partial charge >= 0.3 is 12.2 Å². The van der Waals surface area contributed by atoms with Crippen molar-refractivity contribution in [1.29, 1.82) is 0 Å². The van der Waals surface area contributed by atoms with Gasteiger partial charge in [0.1, 0.15) is 23.7 Å². The first-order valence-electron chi connectivity index (χ1n) is 17.9. The number of likely N-dealkylation sites (tertiary alicyclic amines) is 2. The summed E-state index contributed by atoms with van der Waals surface area (Å²) in [4.78, 5) is 69.5. The highest BCUT2D eigenvalue weighted by molar-refractivity contribution is 5.86. The van der Waals surface area contributed by atoms with Crippen LogP contribution in [0.15, 0.2) is 48.8 Å². The molecule has 5 heterocycles. The molecule has 53 heavy (non-hydrogen) atoms. The number of H-pyrrole nitrogens is 2. The third-order valence-electron chi connectivity index (χ3n) is 10.3. The Morgan fingerprint density at radius 2 is 1.17 bits per heavy atom. The van der Waals surface area contributed by atoms with Crippen LogP contribution in [0, 0.1) is 0 Å². The zero-order valence-electron chi connectivity index (χ0n) is 30.2. The summed E-state index contributed by atoms with van der Waals surface area (Å²) in [5.41, 5.74) is 7.89. The summed E-state index contributed by atoms with van der Waals surface area (Å²) in [6, 6.07) is 10.7. The molecule has 2 aromatic heterocycles. The predicted molar refractivity (Wildman–Crippen MR) is 193 cm³/mol. The van der Waals surface area contributed by atoms with Gasteiger partial charge in [0, 0.05) is 13.1 Å². The molecule has 15 heteroatoms. The van der Waals surface area contributed by atoms with Crippen LogP contribution in [-0.2, 0) is 37.0 Å². The molecule has 3 aliphatic rings. The van der Waals surface area contributed by atoms with Crippen molar-refractivity contribution in [3.63, 3.8) is 0 Å². The maximum Gasteiger partial charge on any atom is 0.407 e. The molecule has 0 radical (unpaired) electrons. The molecule has 278 valence electrons. The Labute approximate surface area is 306 Å². The number of benzene rings is 2. The van der Waals surface area contributed by atoms with E-state index in [4.69, 9.17) is 4.74 Å². The van der Waals surface area contributed by atoms with Crippen molar-refractivity contribution >= 4 is 24.0 Å². The lowest BCUT2D eigenvalue weighted by molar-refractivity contribution is -0.134. The van der Waals surface area contributed by atoms with Crippen molar-refractivity contribution in [2.24, 2.45) is 0 Å². The lowest BCUT2D eigenvalue weighted by atomic mass is 9.93. The average molecular weight is 725 g/mol. The fraction of sp³-hybridized carbons (Fsp3) is 0.421. The van der Waals surface area contributed by atoms with Gasteiger partial charge in [-0.2, -0.15) is 0 Å². The monoisotopic (exact) mass is 724 g/mol. The molecule has 4 aromatic rings. The van der Waals surface area contributed by atoms with Crippen LogP contribution in [-0.4, -0.2) is 93.1 Å². The van der Waals surface area contributed by atoms with E-state index in [0.29, 0.717) is 38.0 Å². The lowest BCUT2D eigenvalue weighted by Crippen LogP contribution is -2.46. The zero-order valence-corrected chi connectivity index (χ0v) is 30.2. The zero-order chi connectivity index (χ0) is 37.2. The number of imidazole rings is 2. The fourth-order valence-corrected chi connectivity index (χ4v) is 7.59. The van der Waals surface area contributed by atoms with Crippen molar-refractivity contribution in [1.82, 2.24) is 40.4 Å². The molecule has 2 fully saturated rings. The van der Waals surface area contributed by atoms with E-state index in [1.54, 1.807) is 36.0 Å². The van der Waals surface area contributed by atoms with Gasteiger partial charge in [-0.25, -0.2) is 19.6 Å². The van der Waals surface area contributed by atoms with Gasteiger partial charge in [-0.15, -0.1) is 0 Å². The first kappa shape index (κ1) is 35.7. The van der Waals surface area contributed by atoms with Crippen LogP contribution in [0.1, 0.15) is 74.4 Å². The van der Waals surface area contributed by atoms with Crippen LogP contribution in [0.25, 0.3) is 33.6 Å². The molecular weight excluding hydrogens is 680 g/mol. The second-order valence-electron chi connectivity index (χ2n) is 13.7. The van der Waals surface area contributed by atoms with Crippen molar-refractivity contribution in [3.05, 3.63) is 71.6 Å². The molecule has 0 bridgehead atoms. The molecule has 0 aliphatic carbocycles. The Balaban J connectivity index is 1.06. The van der Waals surface area contributed by atoms with Crippen LogP contribution in [0.2, 0.25) is 0 Å². The number of carbonyl (C=O) groups is 4. The number of hydrogen-bond acceptors (Lipinski definition) is 9. The molecule has 15 nitrogen and oxygen atoms in total. The topological polar surface area (TPSA) is 184 Å². The van der Waals surface area contributed by atoms with Gasteiger partial charge in [-0.1, -0.05) is 24.3 Å². The van der Waals surface area contributed by atoms with Gasteiger partial charge in [0.25, 0.3) is 0 Å². The van der Waals surface area contributed by atoms with E-state index in [-0.39, 0.29) is 23.9 Å². The fourth-order valence-electron chi connectivity index (χ4n) is 7.59. The van der Waals surface area contributed by atoms with Crippen LogP contribution in [0.4, 0.5) is 9.59 Å². The summed E-state index contributed by atoms with van der Waals surface area (Å²) in [5, 5.41) is 5.13. The summed E-state index contributed by atoms with van der Waals surface area (Å²) in [6.07, 6.45) is 5.53. The highest BCUT2D eigenvalue weighted by Gasteiger charge is 2.36. The highest BCUT2D eigenvalue weighted by atomic mass is 16.5. The summed E-state index contributed by atoms with van der Waals surface area (Å²) in [6.45, 7) is 5.35. The van der Waals surface area contributed by atoms with Gasteiger partial charge < -0.3 is 44.6 Å². The van der Waals surface area contributed by atoms with Gasteiger partial charge in [0.15, 0.2) is 0 Å². The Bertz CT molecular complexity index is 1880. The maximum atomic E-state index is 13.2. The average Bonchev–Trinajstić information content (AvgIpc) is 4.00. The van der Waals surface area contributed by atoms with E-state index in [2.05, 4.69) is 76.4 Å². The Morgan fingerprint density at radius 1 is 0.736 bits per heavy atom. The van der Waals surface area contributed by atoms with Crippen LogP contribution in [0.3, 0.4) is 0 Å². The number of amides is 4. The van der Waals surface area contributed by atoms with E-state index in [1.165, 1.54) is 14.2 Å². The molecule has 4 N–H and O–H groups in total. The minimum atomic E-state index is -0.717. The number of methoxy groups -OCH3 is 2. The van der Waals surface area contributed by atoms with E-state index in [1.807, 2.05) is 0 Å². The van der Waals surface area contributed by atoms with Crippen molar-refractivity contribution in [2.45, 2.75) is 76.9 Å². The van der Waals surface area contributed by atoms with Crippen LogP contribution < -0.4 is 10.6 Å². The standard InChI is InChI=1S/C38H44N8O7/c1-21(41-37(49)51-3)35(47)45-13-5-7-31(45)33-39-17-29(43-33)23-9-11-27-25(15-23)19-53-20-26-16-24(10-12-28(26)27)30-18-40-34(44-30)32-8-6-14-46(32)36(48)22(2)42-38(50)52-4/h9-12,15-18,21-22,31-32H,5-8,13-14,19-20H2,1-4H3,(H,39,43)(H,40,44)(H,41,49)(H,42,50)/t21-,22-,31-,32-/m0/s1. The Hall–Kier alpha value is -5.70. The number of rotatable bonds is 8. The van der Waals surface area contributed by atoms with Gasteiger partial charge in [0.05, 0.1) is 63.3 Å².